The zero-order valence-corrected chi connectivity index (χ0v) is 17.1. The number of hydrogen-bond donors (Lipinski definition) is 1. The van der Waals surface area contributed by atoms with E-state index in [1.54, 1.807) is 23.0 Å². The monoisotopic (exact) mass is 395 g/mol. The molecule has 0 aromatic carbocycles. The van der Waals surface area contributed by atoms with Crippen LogP contribution in [0.15, 0.2) is 9.95 Å². The van der Waals surface area contributed by atoms with E-state index in [9.17, 15) is 9.59 Å². The fourth-order valence-corrected chi connectivity index (χ4v) is 5.61. The number of amides is 1. The summed E-state index contributed by atoms with van der Waals surface area (Å²) in [5.74, 6) is 0.0387. The predicted octanol–water partition coefficient (Wildman–Crippen LogP) is 2.74. The molecule has 26 heavy (non-hydrogen) atoms. The molecule has 1 N–H and O–H groups in total. The zero-order valence-electron chi connectivity index (χ0n) is 15.5. The second-order valence-electron chi connectivity index (χ2n) is 6.41. The first-order valence-electron chi connectivity index (χ1n) is 9.03. The smallest absolute Gasteiger partial charge is 0.263 e. The fraction of sp³-hybridized carbons (Fsp3) is 0.611. The molecule has 0 radical (unpaired) electrons. The summed E-state index contributed by atoms with van der Waals surface area (Å²) in [7, 11) is 1.62. The molecule has 1 amide bonds. The van der Waals surface area contributed by atoms with Gasteiger partial charge in [0.2, 0.25) is 5.91 Å². The summed E-state index contributed by atoms with van der Waals surface area (Å²) in [5, 5.41) is 4.09. The van der Waals surface area contributed by atoms with Gasteiger partial charge in [-0.3, -0.25) is 14.2 Å². The number of nitrogens with one attached hydrogen (secondary N) is 1. The molecular weight excluding hydrogens is 370 g/mol. The van der Waals surface area contributed by atoms with Crippen molar-refractivity contribution in [3.8, 4) is 0 Å². The normalized spacial score (nSPS) is 18.1. The van der Waals surface area contributed by atoms with Crippen LogP contribution in [0.1, 0.15) is 36.6 Å². The van der Waals surface area contributed by atoms with Crippen LogP contribution in [0.25, 0.3) is 10.2 Å². The number of carbonyl (C=O) groups excluding carboxylic acids is 1. The van der Waals surface area contributed by atoms with Crippen LogP contribution in [-0.4, -0.2) is 41.0 Å². The third-order valence-corrected chi connectivity index (χ3v) is 6.98. The van der Waals surface area contributed by atoms with E-state index in [4.69, 9.17) is 9.72 Å². The van der Waals surface area contributed by atoms with Gasteiger partial charge in [0.1, 0.15) is 4.83 Å². The highest BCUT2D eigenvalue weighted by atomic mass is 32.2. The van der Waals surface area contributed by atoms with Crippen LogP contribution >= 0.6 is 23.1 Å². The topological polar surface area (TPSA) is 73.2 Å². The van der Waals surface area contributed by atoms with Crippen LogP contribution in [-0.2, 0) is 22.5 Å². The molecule has 142 valence electrons. The molecule has 3 rings (SSSR count). The van der Waals surface area contributed by atoms with Gasteiger partial charge in [0.05, 0.1) is 23.8 Å². The maximum atomic E-state index is 13.2. The molecule has 1 saturated heterocycles. The van der Waals surface area contributed by atoms with Crippen LogP contribution in [0, 0.1) is 6.92 Å². The van der Waals surface area contributed by atoms with E-state index in [0.717, 1.165) is 52.9 Å². The van der Waals surface area contributed by atoms with E-state index in [1.807, 2.05) is 6.92 Å². The number of aryl methyl sites for hydroxylation is 2. The average molecular weight is 396 g/mol. The molecule has 0 unspecified atom stereocenters. The molecule has 8 heteroatoms. The quantitative estimate of drug-likeness (QED) is 0.762. The average Bonchev–Trinajstić information content (AvgIpc) is 2.80. The summed E-state index contributed by atoms with van der Waals surface area (Å²) in [6.07, 6.45) is 3.61. The van der Waals surface area contributed by atoms with Gasteiger partial charge in [0, 0.05) is 18.5 Å². The second kappa shape index (κ2) is 8.54. The van der Waals surface area contributed by atoms with Crippen molar-refractivity contribution in [2.24, 2.45) is 0 Å². The number of thiophene rings is 1. The number of carbonyl (C=O) groups is 1. The molecule has 0 saturated carbocycles. The number of fused-ring (bicyclic) bond motifs is 1. The number of thioether (sulfide) groups is 1. The number of rotatable bonds is 6. The Hall–Kier alpha value is -1.38. The van der Waals surface area contributed by atoms with E-state index in [0.29, 0.717) is 18.3 Å². The highest BCUT2D eigenvalue weighted by Gasteiger charge is 2.25. The molecule has 2 aromatic rings. The lowest BCUT2D eigenvalue weighted by atomic mass is 10.1. The van der Waals surface area contributed by atoms with Gasteiger partial charge in [0.15, 0.2) is 5.16 Å². The minimum Gasteiger partial charge on any atom is -0.383 e. The van der Waals surface area contributed by atoms with Crippen molar-refractivity contribution in [1.29, 1.82) is 0 Å². The maximum absolute atomic E-state index is 13.2. The molecule has 0 aliphatic carbocycles. The van der Waals surface area contributed by atoms with Gasteiger partial charge in [-0.2, -0.15) is 0 Å². The maximum Gasteiger partial charge on any atom is 0.263 e. The number of hydrogen-bond acceptors (Lipinski definition) is 6. The largest absolute Gasteiger partial charge is 0.383 e. The Bertz CT molecular complexity index is 859. The molecule has 0 bridgehead atoms. The molecular formula is C18H25N3O3S2. The Morgan fingerprint density at radius 3 is 2.92 bits per heavy atom. The summed E-state index contributed by atoms with van der Waals surface area (Å²) in [5.41, 5.74) is 1.06. The van der Waals surface area contributed by atoms with Crippen molar-refractivity contribution >= 4 is 39.2 Å². The Kier molecular flexibility index (Phi) is 6.37. The van der Waals surface area contributed by atoms with E-state index >= 15 is 0 Å². The van der Waals surface area contributed by atoms with Crippen LogP contribution < -0.4 is 10.9 Å². The summed E-state index contributed by atoms with van der Waals surface area (Å²) < 4.78 is 6.87. The minimum atomic E-state index is -0.206. The molecule has 6 nitrogen and oxygen atoms in total. The van der Waals surface area contributed by atoms with E-state index < -0.39 is 0 Å². The number of ether oxygens (including phenoxy) is 1. The van der Waals surface area contributed by atoms with Gasteiger partial charge in [-0.05, 0) is 31.7 Å². The molecule has 2 aromatic heterocycles. The van der Waals surface area contributed by atoms with Gasteiger partial charge in [-0.25, -0.2) is 4.98 Å². The predicted molar refractivity (Wildman–Crippen MR) is 106 cm³/mol. The first kappa shape index (κ1) is 19.4. The third kappa shape index (κ3) is 3.82. The lowest BCUT2D eigenvalue weighted by Crippen LogP contribution is -2.32. The Labute approximate surface area is 161 Å². The summed E-state index contributed by atoms with van der Waals surface area (Å²) in [6, 6.07) is 0. The van der Waals surface area contributed by atoms with Crippen molar-refractivity contribution in [1.82, 2.24) is 14.9 Å². The molecule has 1 fully saturated rings. The van der Waals surface area contributed by atoms with Gasteiger partial charge >= 0.3 is 0 Å². The summed E-state index contributed by atoms with van der Waals surface area (Å²) in [6.45, 7) is 5.69. The lowest BCUT2D eigenvalue weighted by Gasteiger charge is -2.16. The van der Waals surface area contributed by atoms with Crippen LogP contribution in [0.3, 0.4) is 0 Å². The number of nitrogens with zero attached hydrogens (tertiary/aromatic N) is 2. The molecule has 1 aliphatic heterocycles. The standard InChI is InChI=1S/C18H25N3O3S2/c1-4-12-11(2)25-16-14(12)17(23)21(9-10-24-3)18(20-16)26-13-7-5-6-8-19-15(13)22/h13H,4-10H2,1-3H3,(H,19,22)/t13-/m1/s1. The van der Waals surface area contributed by atoms with E-state index in [1.165, 1.54) is 11.8 Å². The Morgan fingerprint density at radius 1 is 1.38 bits per heavy atom. The Balaban J connectivity index is 2.07. The Morgan fingerprint density at radius 2 is 2.19 bits per heavy atom. The van der Waals surface area contributed by atoms with Gasteiger partial charge in [-0.15, -0.1) is 11.3 Å². The zero-order chi connectivity index (χ0) is 18.7. The first-order chi connectivity index (χ1) is 12.6. The molecule has 1 atom stereocenters. The van der Waals surface area contributed by atoms with Crippen molar-refractivity contribution in [2.45, 2.75) is 56.5 Å². The minimum absolute atomic E-state index is 0.0234. The van der Waals surface area contributed by atoms with Crippen LogP contribution in [0.5, 0.6) is 0 Å². The fourth-order valence-electron chi connectivity index (χ4n) is 3.28. The van der Waals surface area contributed by atoms with Gasteiger partial charge in [0.25, 0.3) is 5.56 Å². The molecule has 1 aliphatic rings. The summed E-state index contributed by atoms with van der Waals surface area (Å²) >= 11 is 2.97. The van der Waals surface area contributed by atoms with Crippen LogP contribution in [0.4, 0.5) is 0 Å². The van der Waals surface area contributed by atoms with Crippen LogP contribution in [0.2, 0.25) is 0 Å². The van der Waals surface area contributed by atoms with E-state index in [-0.39, 0.29) is 16.7 Å². The van der Waals surface area contributed by atoms with Gasteiger partial charge < -0.3 is 10.1 Å². The molecule has 0 spiro atoms. The van der Waals surface area contributed by atoms with Gasteiger partial charge in [-0.1, -0.05) is 25.1 Å². The highest BCUT2D eigenvalue weighted by Crippen LogP contribution is 2.32. The third-order valence-electron chi connectivity index (χ3n) is 4.68. The first-order valence-corrected chi connectivity index (χ1v) is 10.7. The summed E-state index contributed by atoms with van der Waals surface area (Å²) in [4.78, 5) is 32.2. The lowest BCUT2D eigenvalue weighted by molar-refractivity contribution is -0.120. The van der Waals surface area contributed by atoms with Crippen molar-refractivity contribution in [3.05, 3.63) is 20.8 Å². The molecule has 3 heterocycles. The second-order valence-corrected chi connectivity index (χ2v) is 8.78. The SMILES string of the molecule is CCc1c(C)sc2nc(S[C@@H]3CCCCNC3=O)n(CCOC)c(=O)c12. The number of methoxy groups -OCH3 is 1. The highest BCUT2D eigenvalue weighted by molar-refractivity contribution is 8.00. The van der Waals surface area contributed by atoms with E-state index in [2.05, 4.69) is 12.2 Å². The van der Waals surface area contributed by atoms with Crippen molar-refractivity contribution in [2.75, 3.05) is 20.3 Å². The van der Waals surface area contributed by atoms with Crippen molar-refractivity contribution in [3.63, 3.8) is 0 Å². The van der Waals surface area contributed by atoms with Crippen molar-refractivity contribution < 1.29 is 9.53 Å². The number of aromatic nitrogens is 2.